The third kappa shape index (κ3) is 3.47. The molecule has 0 aromatic heterocycles. The van der Waals surface area contributed by atoms with Crippen LogP contribution in [-0.2, 0) is 0 Å². The molecule has 0 saturated carbocycles. The maximum atomic E-state index is 5.49. The Morgan fingerprint density at radius 2 is 1.62 bits per heavy atom. The smallest absolute Gasteiger partial charge is 0.264 e. The van der Waals surface area contributed by atoms with Gasteiger partial charge in [0.2, 0.25) is 0 Å². The fraction of sp³-hybridized carbons (Fsp3) is 0.417. The number of rotatable bonds is 2. The summed E-state index contributed by atoms with van der Waals surface area (Å²) in [6.45, 7) is 0. The Hall–Kier alpha value is -1.13. The van der Waals surface area contributed by atoms with Gasteiger partial charge < -0.3 is 9.64 Å². The zero-order valence-corrected chi connectivity index (χ0v) is 11.3. The van der Waals surface area contributed by atoms with E-state index in [1.54, 1.807) is 4.90 Å². The van der Waals surface area contributed by atoms with Gasteiger partial charge in [-0.15, -0.1) is 0 Å². The Bertz CT molecular complexity index is 366. The van der Waals surface area contributed by atoms with E-state index in [0.717, 1.165) is 10.2 Å². The molecule has 0 fully saturated rings. The summed E-state index contributed by atoms with van der Waals surface area (Å²) in [5.41, 5.74) is 1.23. The van der Waals surface area contributed by atoms with Crippen molar-refractivity contribution in [1.29, 1.82) is 0 Å². The van der Waals surface area contributed by atoms with E-state index in [4.69, 9.17) is 17.0 Å². The Kier molecular flexibility index (Phi) is 3.88. The standard InChI is InChI=1S/C12H19N2OS/c1-13(2)12(16)15-11-8-6-10(7-9-11)14(3,4)5/h6-9H,1-5H3/q+1. The molecule has 0 heterocycles. The van der Waals surface area contributed by atoms with Crippen LogP contribution in [0.2, 0.25) is 0 Å². The van der Waals surface area contributed by atoms with Gasteiger partial charge in [0.25, 0.3) is 5.17 Å². The topological polar surface area (TPSA) is 12.5 Å². The molecule has 0 saturated heterocycles. The van der Waals surface area contributed by atoms with E-state index < -0.39 is 0 Å². The van der Waals surface area contributed by atoms with Crippen LogP contribution < -0.4 is 9.22 Å². The highest BCUT2D eigenvalue weighted by Gasteiger charge is 2.11. The first-order chi connectivity index (χ1) is 7.30. The molecule has 0 unspecified atom stereocenters. The average molecular weight is 239 g/mol. The molecule has 0 N–H and O–H groups in total. The number of quaternary nitrogens is 1. The van der Waals surface area contributed by atoms with Crippen LogP contribution in [-0.4, -0.2) is 45.3 Å². The van der Waals surface area contributed by atoms with Crippen molar-refractivity contribution < 1.29 is 4.74 Å². The van der Waals surface area contributed by atoms with E-state index in [-0.39, 0.29) is 0 Å². The molecule has 4 heteroatoms. The van der Waals surface area contributed by atoms with Crippen molar-refractivity contribution in [3.8, 4) is 5.75 Å². The van der Waals surface area contributed by atoms with E-state index >= 15 is 0 Å². The van der Waals surface area contributed by atoms with Gasteiger partial charge in [0.15, 0.2) is 0 Å². The summed E-state index contributed by atoms with van der Waals surface area (Å²) >= 11 is 5.07. The maximum absolute atomic E-state index is 5.49. The van der Waals surface area contributed by atoms with Gasteiger partial charge in [0, 0.05) is 26.2 Å². The van der Waals surface area contributed by atoms with Crippen LogP contribution in [0.1, 0.15) is 0 Å². The van der Waals surface area contributed by atoms with Gasteiger partial charge >= 0.3 is 0 Å². The molecule has 1 rings (SSSR count). The summed E-state index contributed by atoms with van der Waals surface area (Å²) < 4.78 is 6.28. The summed E-state index contributed by atoms with van der Waals surface area (Å²) in [5.74, 6) is 0.774. The van der Waals surface area contributed by atoms with Crippen molar-refractivity contribution >= 4 is 23.1 Å². The van der Waals surface area contributed by atoms with Crippen molar-refractivity contribution in [2.24, 2.45) is 0 Å². The maximum Gasteiger partial charge on any atom is 0.264 e. The molecule has 1 aromatic carbocycles. The van der Waals surface area contributed by atoms with Crippen molar-refractivity contribution in [3.05, 3.63) is 24.3 Å². The molecule has 16 heavy (non-hydrogen) atoms. The highest BCUT2D eigenvalue weighted by atomic mass is 32.1. The number of hydrogen-bond acceptors (Lipinski definition) is 2. The number of thiocarbonyl (C=S) groups is 1. The Labute approximate surface area is 103 Å². The van der Waals surface area contributed by atoms with E-state index in [2.05, 4.69) is 21.1 Å². The summed E-state index contributed by atoms with van der Waals surface area (Å²) in [6.07, 6.45) is 0. The zero-order valence-electron chi connectivity index (χ0n) is 10.5. The van der Waals surface area contributed by atoms with E-state index in [1.165, 1.54) is 5.69 Å². The van der Waals surface area contributed by atoms with Gasteiger partial charge in [-0.3, -0.25) is 4.48 Å². The fourth-order valence-corrected chi connectivity index (χ4v) is 1.25. The van der Waals surface area contributed by atoms with Crippen LogP contribution >= 0.6 is 12.2 Å². The second-order valence-corrected chi connectivity index (χ2v) is 5.12. The molecule has 0 aliphatic rings. The van der Waals surface area contributed by atoms with Crippen molar-refractivity contribution in [3.63, 3.8) is 0 Å². The lowest BCUT2D eigenvalue weighted by Crippen LogP contribution is -2.34. The first-order valence-corrected chi connectivity index (χ1v) is 5.53. The number of benzene rings is 1. The quantitative estimate of drug-likeness (QED) is 0.579. The highest BCUT2D eigenvalue weighted by Crippen LogP contribution is 2.21. The lowest BCUT2D eigenvalue weighted by atomic mass is 10.2. The van der Waals surface area contributed by atoms with Gasteiger partial charge in [-0.25, -0.2) is 0 Å². The Morgan fingerprint density at radius 3 is 2.00 bits per heavy atom. The van der Waals surface area contributed by atoms with Crippen LogP contribution in [0.15, 0.2) is 24.3 Å². The molecular weight excluding hydrogens is 220 g/mol. The number of ether oxygens (including phenoxy) is 1. The SMILES string of the molecule is CN(C)C(=S)Oc1ccc([N+](C)(C)C)cc1. The molecule has 1 aromatic rings. The molecule has 0 bridgehead atoms. The molecule has 0 amide bonds. The van der Waals surface area contributed by atoms with Crippen molar-refractivity contribution in [2.75, 3.05) is 35.2 Å². The highest BCUT2D eigenvalue weighted by molar-refractivity contribution is 7.80. The fourth-order valence-electron chi connectivity index (χ4n) is 1.15. The molecule has 0 atom stereocenters. The minimum absolute atomic E-state index is 0.470. The first-order valence-electron chi connectivity index (χ1n) is 5.12. The second-order valence-electron chi connectivity index (χ2n) is 4.77. The molecule has 0 aliphatic carbocycles. The minimum atomic E-state index is 0.470. The third-order valence-electron chi connectivity index (χ3n) is 2.18. The lowest BCUT2D eigenvalue weighted by Gasteiger charge is -2.23. The second kappa shape index (κ2) is 4.80. The van der Waals surface area contributed by atoms with Crippen LogP contribution in [0, 0.1) is 0 Å². The summed E-state index contributed by atoms with van der Waals surface area (Å²) in [4.78, 5) is 1.77. The predicted octanol–water partition coefficient (Wildman–Crippen LogP) is 2.11. The zero-order chi connectivity index (χ0) is 12.3. The average Bonchev–Trinajstić information content (AvgIpc) is 2.17. The number of nitrogens with zero attached hydrogens (tertiary/aromatic N) is 2. The van der Waals surface area contributed by atoms with Crippen LogP contribution in [0.5, 0.6) is 5.75 Å². The third-order valence-corrected chi connectivity index (χ3v) is 2.63. The minimum Gasteiger partial charge on any atom is -0.432 e. The van der Waals surface area contributed by atoms with Gasteiger partial charge in [-0.2, -0.15) is 0 Å². The molecule has 0 radical (unpaired) electrons. The molecule has 3 nitrogen and oxygen atoms in total. The molecule has 0 spiro atoms. The molecular formula is C12H19N2OS+. The number of hydrogen-bond donors (Lipinski definition) is 0. The van der Waals surface area contributed by atoms with E-state index in [9.17, 15) is 0 Å². The predicted molar refractivity (Wildman–Crippen MR) is 72.9 cm³/mol. The van der Waals surface area contributed by atoms with E-state index in [0.29, 0.717) is 5.17 Å². The van der Waals surface area contributed by atoms with E-state index in [1.807, 2.05) is 38.4 Å². The van der Waals surface area contributed by atoms with Crippen molar-refractivity contribution in [2.45, 2.75) is 0 Å². The normalized spacial score (nSPS) is 11.1. The summed E-state index contributed by atoms with van der Waals surface area (Å²) in [5, 5.41) is 0.470. The van der Waals surface area contributed by atoms with Gasteiger partial charge in [-0.1, -0.05) is 0 Å². The van der Waals surface area contributed by atoms with Crippen LogP contribution in [0.4, 0.5) is 5.69 Å². The summed E-state index contributed by atoms with van der Waals surface area (Å²) in [7, 11) is 10.1. The molecule has 0 aliphatic heterocycles. The largest absolute Gasteiger partial charge is 0.432 e. The van der Waals surface area contributed by atoms with Crippen LogP contribution in [0.25, 0.3) is 0 Å². The summed E-state index contributed by atoms with van der Waals surface area (Å²) in [6, 6.07) is 7.98. The monoisotopic (exact) mass is 239 g/mol. The van der Waals surface area contributed by atoms with Crippen LogP contribution in [0.3, 0.4) is 0 Å². The molecule has 88 valence electrons. The van der Waals surface area contributed by atoms with Gasteiger partial charge in [0.1, 0.15) is 11.4 Å². The van der Waals surface area contributed by atoms with Gasteiger partial charge in [0.05, 0.1) is 21.1 Å². The lowest BCUT2D eigenvalue weighted by molar-refractivity contribution is 0.448. The van der Waals surface area contributed by atoms with Crippen molar-refractivity contribution in [1.82, 2.24) is 9.38 Å². The van der Waals surface area contributed by atoms with Gasteiger partial charge in [-0.05, 0) is 24.4 Å². The first kappa shape index (κ1) is 12.9. The Morgan fingerprint density at radius 1 is 1.12 bits per heavy atom. The Balaban J connectivity index is 2.76.